The molecule has 0 atom stereocenters. The molecule has 5 heteroatoms. The molecule has 1 aliphatic rings. The van der Waals surface area contributed by atoms with E-state index in [4.69, 9.17) is 0 Å². The Kier molecular flexibility index (Phi) is 5.65. The summed E-state index contributed by atoms with van der Waals surface area (Å²) >= 11 is 1.61. The molecule has 3 aromatic rings. The Hall–Kier alpha value is -2.76. The molecule has 0 fully saturated rings. The van der Waals surface area contributed by atoms with Crippen molar-refractivity contribution in [3.8, 4) is 0 Å². The minimum atomic E-state index is -0.186. The van der Waals surface area contributed by atoms with Crippen molar-refractivity contribution in [2.45, 2.75) is 26.4 Å². The highest BCUT2D eigenvalue weighted by Crippen LogP contribution is 2.20. The van der Waals surface area contributed by atoms with Crippen molar-refractivity contribution in [2.75, 3.05) is 6.54 Å². The van der Waals surface area contributed by atoms with Crippen LogP contribution in [0.3, 0.4) is 0 Å². The van der Waals surface area contributed by atoms with Crippen molar-refractivity contribution in [3.63, 3.8) is 0 Å². The predicted octanol–water partition coefficient (Wildman–Crippen LogP) is 4.46. The summed E-state index contributed by atoms with van der Waals surface area (Å²) in [6, 6.07) is 20.4. The van der Waals surface area contributed by atoms with Crippen LogP contribution in [0.15, 0.2) is 71.1 Å². The normalized spacial score (nSPS) is 14.5. The zero-order valence-corrected chi connectivity index (χ0v) is 16.7. The molecule has 2 heterocycles. The van der Waals surface area contributed by atoms with Crippen LogP contribution in [0.1, 0.15) is 38.8 Å². The van der Waals surface area contributed by atoms with E-state index in [-0.39, 0.29) is 5.91 Å². The third-order valence-corrected chi connectivity index (χ3v) is 6.01. The van der Waals surface area contributed by atoms with Crippen molar-refractivity contribution in [2.24, 2.45) is 5.10 Å². The second-order valence-electron chi connectivity index (χ2n) is 7.04. The lowest BCUT2D eigenvalue weighted by molar-refractivity contribution is 0.0955. The smallest absolute Gasteiger partial charge is 0.271 e. The van der Waals surface area contributed by atoms with E-state index in [1.165, 1.54) is 16.7 Å². The number of hydrogen-bond donors (Lipinski definition) is 1. The van der Waals surface area contributed by atoms with Gasteiger partial charge in [-0.1, -0.05) is 42.5 Å². The quantitative estimate of drug-likeness (QED) is 0.517. The molecule has 0 bridgehead atoms. The molecule has 1 aromatic heterocycles. The van der Waals surface area contributed by atoms with E-state index in [0.29, 0.717) is 5.56 Å². The summed E-state index contributed by atoms with van der Waals surface area (Å²) in [5, 5.41) is 6.20. The number of carbonyl (C=O) groups is 1. The van der Waals surface area contributed by atoms with Gasteiger partial charge in [0.2, 0.25) is 0 Å². The van der Waals surface area contributed by atoms with E-state index in [1.54, 1.807) is 11.3 Å². The van der Waals surface area contributed by atoms with E-state index in [0.717, 1.165) is 36.6 Å². The molecular formula is C23H23N3OS. The summed E-state index contributed by atoms with van der Waals surface area (Å²) in [5.74, 6) is -0.186. The van der Waals surface area contributed by atoms with Gasteiger partial charge in [0.15, 0.2) is 0 Å². The number of amides is 1. The van der Waals surface area contributed by atoms with Crippen LogP contribution < -0.4 is 5.43 Å². The van der Waals surface area contributed by atoms with Crippen LogP contribution in [0.5, 0.6) is 0 Å². The highest BCUT2D eigenvalue weighted by atomic mass is 32.1. The molecule has 0 unspecified atom stereocenters. The number of nitrogens with zero attached hydrogens (tertiary/aromatic N) is 2. The second kappa shape index (κ2) is 8.50. The Morgan fingerprint density at radius 2 is 1.86 bits per heavy atom. The summed E-state index contributed by atoms with van der Waals surface area (Å²) in [7, 11) is 0. The fourth-order valence-electron chi connectivity index (χ4n) is 3.45. The maximum absolute atomic E-state index is 12.3. The number of thiophene rings is 1. The zero-order chi connectivity index (χ0) is 19.3. The third-order valence-electron chi connectivity index (χ3n) is 5.03. The summed E-state index contributed by atoms with van der Waals surface area (Å²) in [5.41, 5.74) is 8.17. The summed E-state index contributed by atoms with van der Waals surface area (Å²) in [6.45, 7) is 4.84. The summed E-state index contributed by atoms with van der Waals surface area (Å²) in [6.07, 6.45) is 1.10. The molecule has 0 aliphatic carbocycles. The van der Waals surface area contributed by atoms with Crippen molar-refractivity contribution in [1.29, 1.82) is 0 Å². The van der Waals surface area contributed by atoms with Crippen LogP contribution in [0.25, 0.3) is 0 Å². The third kappa shape index (κ3) is 4.38. The Labute approximate surface area is 169 Å². The molecule has 1 amide bonds. The largest absolute Gasteiger partial charge is 0.294 e. The minimum absolute atomic E-state index is 0.186. The van der Waals surface area contributed by atoms with Gasteiger partial charge in [0.05, 0.1) is 5.71 Å². The number of nitrogens with one attached hydrogen (secondary N) is 1. The fraction of sp³-hybridized carbons (Fsp3) is 0.217. The predicted molar refractivity (Wildman–Crippen MR) is 115 cm³/mol. The molecule has 4 nitrogen and oxygen atoms in total. The van der Waals surface area contributed by atoms with Crippen molar-refractivity contribution in [3.05, 3.63) is 93.2 Å². The van der Waals surface area contributed by atoms with Crippen LogP contribution in [-0.2, 0) is 19.5 Å². The number of carbonyl (C=O) groups excluding carboxylic acids is 1. The lowest BCUT2D eigenvalue weighted by atomic mass is 9.99. The first-order valence-corrected chi connectivity index (χ1v) is 10.3. The van der Waals surface area contributed by atoms with E-state index in [9.17, 15) is 4.79 Å². The van der Waals surface area contributed by atoms with Crippen molar-refractivity contribution < 1.29 is 4.79 Å². The molecule has 28 heavy (non-hydrogen) atoms. The SMILES string of the molecule is C/C(=N\NC(=O)c1ccc(CN2CCc3ccccc3C2)cc1)c1cccs1. The van der Waals surface area contributed by atoms with Gasteiger partial charge in [-0.3, -0.25) is 9.69 Å². The van der Waals surface area contributed by atoms with Crippen molar-refractivity contribution >= 4 is 23.0 Å². The van der Waals surface area contributed by atoms with Crippen molar-refractivity contribution in [1.82, 2.24) is 10.3 Å². The molecule has 4 rings (SSSR count). The molecule has 0 spiro atoms. The van der Waals surface area contributed by atoms with Gasteiger partial charge in [-0.05, 0) is 53.6 Å². The molecule has 1 N–H and O–H groups in total. The molecule has 0 radical (unpaired) electrons. The van der Waals surface area contributed by atoms with Gasteiger partial charge in [-0.25, -0.2) is 5.43 Å². The van der Waals surface area contributed by atoms with E-state index in [2.05, 4.69) is 39.7 Å². The highest BCUT2D eigenvalue weighted by Gasteiger charge is 2.16. The van der Waals surface area contributed by atoms with Crippen LogP contribution in [0.4, 0.5) is 0 Å². The van der Waals surface area contributed by atoms with Gasteiger partial charge >= 0.3 is 0 Å². The van der Waals surface area contributed by atoms with E-state index in [1.807, 2.05) is 48.7 Å². The Morgan fingerprint density at radius 1 is 1.07 bits per heavy atom. The summed E-state index contributed by atoms with van der Waals surface area (Å²) in [4.78, 5) is 15.8. The molecule has 1 aliphatic heterocycles. The molecule has 0 saturated carbocycles. The number of fused-ring (bicyclic) bond motifs is 1. The Balaban J connectivity index is 1.35. The zero-order valence-electron chi connectivity index (χ0n) is 15.9. The Morgan fingerprint density at radius 3 is 2.61 bits per heavy atom. The first-order chi connectivity index (χ1) is 13.7. The van der Waals surface area contributed by atoms with Gasteiger partial charge in [0, 0.05) is 30.1 Å². The average molecular weight is 390 g/mol. The van der Waals surface area contributed by atoms with Gasteiger partial charge in [0.25, 0.3) is 5.91 Å². The van der Waals surface area contributed by atoms with Gasteiger partial charge < -0.3 is 0 Å². The number of hydrazone groups is 1. The first-order valence-electron chi connectivity index (χ1n) is 9.45. The monoisotopic (exact) mass is 389 g/mol. The average Bonchev–Trinajstić information content (AvgIpc) is 3.27. The number of hydrogen-bond acceptors (Lipinski definition) is 4. The Bertz CT molecular complexity index is 977. The topological polar surface area (TPSA) is 44.7 Å². The van der Waals surface area contributed by atoms with Crippen LogP contribution in [-0.4, -0.2) is 23.1 Å². The number of benzene rings is 2. The maximum Gasteiger partial charge on any atom is 0.271 e. The van der Waals surface area contributed by atoms with Gasteiger partial charge in [0.1, 0.15) is 0 Å². The molecule has 2 aromatic carbocycles. The van der Waals surface area contributed by atoms with Crippen LogP contribution >= 0.6 is 11.3 Å². The summed E-state index contributed by atoms with van der Waals surface area (Å²) < 4.78 is 0. The van der Waals surface area contributed by atoms with Crippen LogP contribution in [0.2, 0.25) is 0 Å². The second-order valence-corrected chi connectivity index (χ2v) is 7.99. The van der Waals surface area contributed by atoms with Gasteiger partial charge in [-0.15, -0.1) is 11.3 Å². The molecule has 142 valence electrons. The minimum Gasteiger partial charge on any atom is -0.294 e. The lowest BCUT2D eigenvalue weighted by Crippen LogP contribution is -2.30. The van der Waals surface area contributed by atoms with E-state index < -0.39 is 0 Å². The van der Waals surface area contributed by atoms with E-state index >= 15 is 0 Å². The molecular weight excluding hydrogens is 366 g/mol. The highest BCUT2D eigenvalue weighted by molar-refractivity contribution is 7.12. The van der Waals surface area contributed by atoms with Gasteiger partial charge in [-0.2, -0.15) is 5.10 Å². The van der Waals surface area contributed by atoms with Crippen LogP contribution in [0, 0.1) is 0 Å². The number of rotatable bonds is 5. The fourth-order valence-corrected chi connectivity index (χ4v) is 4.12. The standard InChI is InChI=1S/C23H23N3OS/c1-17(22-7-4-14-28-22)24-25-23(27)20-10-8-18(9-11-20)15-26-13-12-19-5-2-3-6-21(19)16-26/h2-11,14H,12-13,15-16H2,1H3,(H,25,27)/b24-17+. The molecule has 0 saturated heterocycles. The first kappa shape index (κ1) is 18.6. The lowest BCUT2D eigenvalue weighted by Gasteiger charge is -2.28. The maximum atomic E-state index is 12.3.